The summed E-state index contributed by atoms with van der Waals surface area (Å²) in [5.74, 6) is 1.16. The van der Waals surface area contributed by atoms with E-state index in [1.54, 1.807) is 13.3 Å². The van der Waals surface area contributed by atoms with Crippen LogP contribution >= 0.6 is 23.2 Å². The minimum atomic E-state index is 0.102. The molecule has 1 atom stereocenters. The molecule has 0 radical (unpaired) electrons. The Balaban J connectivity index is 1.26. The highest BCUT2D eigenvalue weighted by atomic mass is 35.5. The summed E-state index contributed by atoms with van der Waals surface area (Å²) in [4.78, 5) is 29.3. The van der Waals surface area contributed by atoms with Gasteiger partial charge in [-0.25, -0.2) is 15.0 Å². The van der Waals surface area contributed by atoms with Crippen molar-refractivity contribution >= 4 is 51.6 Å². The first-order chi connectivity index (χ1) is 20.5. The van der Waals surface area contributed by atoms with Crippen LogP contribution in [0.3, 0.4) is 0 Å². The lowest BCUT2D eigenvalue weighted by Crippen LogP contribution is -2.35. The molecular formula is C31H27Cl2N7O2. The highest BCUT2D eigenvalue weighted by molar-refractivity contribution is 6.39. The van der Waals surface area contributed by atoms with Gasteiger partial charge in [0, 0.05) is 54.0 Å². The van der Waals surface area contributed by atoms with Gasteiger partial charge in [0.05, 0.1) is 34.1 Å². The molecular weight excluding hydrogens is 573 g/mol. The van der Waals surface area contributed by atoms with Gasteiger partial charge in [-0.2, -0.15) is 0 Å². The van der Waals surface area contributed by atoms with E-state index < -0.39 is 0 Å². The zero-order valence-corrected chi connectivity index (χ0v) is 24.2. The number of nitrogens with zero attached hydrogens (tertiary/aromatic N) is 4. The molecule has 2 aromatic carbocycles. The van der Waals surface area contributed by atoms with E-state index in [0.29, 0.717) is 58.2 Å². The quantitative estimate of drug-likeness (QED) is 0.184. The highest BCUT2D eigenvalue weighted by Gasteiger charge is 2.21. The van der Waals surface area contributed by atoms with Crippen LogP contribution in [0.15, 0.2) is 73.2 Å². The molecule has 0 saturated carbocycles. The van der Waals surface area contributed by atoms with Crippen LogP contribution in [-0.4, -0.2) is 45.5 Å². The number of ether oxygens (including phenoxy) is 1. The fraction of sp³-hybridized carbons (Fsp3) is 0.194. The van der Waals surface area contributed by atoms with E-state index in [2.05, 4.69) is 30.9 Å². The molecule has 0 spiro atoms. The Morgan fingerprint density at radius 2 is 1.76 bits per heavy atom. The van der Waals surface area contributed by atoms with Crippen LogP contribution in [0, 0.1) is 0 Å². The standard InChI is InChI=1S/C31H27Cl2N7O2/c1-42-31-18(15-34-16-19-11-13-26(41)38-19)10-12-23(40-31)22-7-2-5-20(27(22)32)21-6-3-8-24(28(21)33)39-30-29-25(36-17-37-30)9-4-14-35-29/h2-10,12,14,17,19,34H,11,13,15-16H2,1H3,(H,38,41)(H,36,37,39)/t19-/m0/s1. The second-order valence-corrected chi connectivity index (χ2v) is 10.6. The van der Waals surface area contributed by atoms with Crippen LogP contribution in [0.5, 0.6) is 5.88 Å². The molecule has 0 bridgehead atoms. The van der Waals surface area contributed by atoms with Crippen molar-refractivity contribution in [3.05, 3.63) is 88.8 Å². The largest absolute Gasteiger partial charge is 0.481 e. The number of benzene rings is 2. The molecule has 1 amide bonds. The first-order valence-electron chi connectivity index (χ1n) is 13.5. The van der Waals surface area contributed by atoms with Crippen molar-refractivity contribution in [2.45, 2.75) is 25.4 Å². The summed E-state index contributed by atoms with van der Waals surface area (Å²) < 4.78 is 5.62. The predicted molar refractivity (Wildman–Crippen MR) is 165 cm³/mol. The maximum Gasteiger partial charge on any atom is 0.220 e. The van der Waals surface area contributed by atoms with Gasteiger partial charge in [-0.15, -0.1) is 0 Å². The molecule has 0 unspecified atom stereocenters. The number of carbonyl (C=O) groups is 1. The first kappa shape index (κ1) is 27.8. The summed E-state index contributed by atoms with van der Waals surface area (Å²) in [6, 6.07) is 19.2. The van der Waals surface area contributed by atoms with E-state index in [0.717, 1.165) is 34.2 Å². The number of fused-ring (bicyclic) bond motifs is 1. The number of carbonyl (C=O) groups excluding carboxylic acids is 1. The van der Waals surface area contributed by atoms with Gasteiger partial charge >= 0.3 is 0 Å². The van der Waals surface area contributed by atoms with Gasteiger partial charge in [0.25, 0.3) is 0 Å². The van der Waals surface area contributed by atoms with Gasteiger partial charge in [-0.05, 0) is 30.7 Å². The molecule has 5 aromatic rings. The van der Waals surface area contributed by atoms with Crippen LogP contribution in [0.25, 0.3) is 33.4 Å². The first-order valence-corrected chi connectivity index (χ1v) is 14.2. The van der Waals surface area contributed by atoms with Crippen LogP contribution < -0.4 is 20.7 Å². The Hall–Kier alpha value is -4.31. The summed E-state index contributed by atoms with van der Waals surface area (Å²) >= 11 is 13.9. The minimum absolute atomic E-state index is 0.102. The van der Waals surface area contributed by atoms with Crippen molar-refractivity contribution in [2.24, 2.45) is 0 Å². The summed E-state index contributed by atoms with van der Waals surface area (Å²) in [6.07, 6.45) is 4.60. The molecule has 3 N–H and O–H groups in total. The third-order valence-corrected chi connectivity index (χ3v) is 7.95. The Morgan fingerprint density at radius 1 is 0.952 bits per heavy atom. The summed E-state index contributed by atoms with van der Waals surface area (Å²) in [6.45, 7) is 1.24. The van der Waals surface area contributed by atoms with Gasteiger partial charge in [-0.1, -0.05) is 59.6 Å². The minimum Gasteiger partial charge on any atom is -0.481 e. The average Bonchev–Trinajstić information content (AvgIpc) is 3.43. The molecule has 212 valence electrons. The van der Waals surface area contributed by atoms with Crippen molar-refractivity contribution in [1.29, 1.82) is 0 Å². The topological polar surface area (TPSA) is 114 Å². The van der Waals surface area contributed by atoms with Gasteiger partial charge in [-0.3, -0.25) is 9.78 Å². The molecule has 6 rings (SSSR count). The molecule has 1 fully saturated rings. The zero-order chi connectivity index (χ0) is 29.1. The van der Waals surface area contributed by atoms with E-state index in [-0.39, 0.29) is 11.9 Å². The Bertz CT molecular complexity index is 1780. The smallest absolute Gasteiger partial charge is 0.220 e. The molecule has 1 aliphatic rings. The third kappa shape index (κ3) is 5.72. The Morgan fingerprint density at radius 3 is 2.57 bits per heavy atom. The van der Waals surface area contributed by atoms with Crippen LogP contribution in [0.2, 0.25) is 10.0 Å². The summed E-state index contributed by atoms with van der Waals surface area (Å²) in [7, 11) is 1.60. The second kappa shape index (κ2) is 12.3. The van der Waals surface area contributed by atoms with Crippen LogP contribution in [0.1, 0.15) is 18.4 Å². The van der Waals surface area contributed by atoms with Crippen LogP contribution in [0.4, 0.5) is 11.5 Å². The lowest BCUT2D eigenvalue weighted by molar-refractivity contribution is -0.119. The highest BCUT2D eigenvalue weighted by Crippen LogP contribution is 2.42. The summed E-state index contributed by atoms with van der Waals surface area (Å²) in [5.41, 5.74) is 5.89. The number of amides is 1. The molecule has 9 nitrogen and oxygen atoms in total. The predicted octanol–water partition coefficient (Wildman–Crippen LogP) is 6.18. The maximum absolute atomic E-state index is 11.5. The number of pyridine rings is 2. The third-order valence-electron chi connectivity index (χ3n) is 7.13. The Kier molecular flexibility index (Phi) is 8.14. The number of halogens is 2. The number of nitrogens with one attached hydrogen (secondary N) is 3. The monoisotopic (exact) mass is 599 g/mol. The number of methoxy groups -OCH3 is 1. The van der Waals surface area contributed by atoms with E-state index in [1.165, 1.54) is 6.33 Å². The lowest BCUT2D eigenvalue weighted by Gasteiger charge is -2.16. The van der Waals surface area contributed by atoms with E-state index in [4.69, 9.17) is 32.9 Å². The van der Waals surface area contributed by atoms with Crippen molar-refractivity contribution in [2.75, 3.05) is 19.0 Å². The number of hydrogen-bond donors (Lipinski definition) is 3. The van der Waals surface area contributed by atoms with E-state index >= 15 is 0 Å². The average molecular weight is 601 g/mol. The van der Waals surface area contributed by atoms with Gasteiger partial charge < -0.3 is 20.7 Å². The lowest BCUT2D eigenvalue weighted by atomic mass is 10.00. The summed E-state index contributed by atoms with van der Waals surface area (Å²) in [5, 5.41) is 10.7. The fourth-order valence-corrected chi connectivity index (χ4v) is 5.63. The molecule has 4 heterocycles. The fourth-order valence-electron chi connectivity index (χ4n) is 5.03. The van der Waals surface area contributed by atoms with Crippen molar-refractivity contribution in [1.82, 2.24) is 30.6 Å². The molecule has 3 aromatic heterocycles. The van der Waals surface area contributed by atoms with Crippen molar-refractivity contribution < 1.29 is 9.53 Å². The van der Waals surface area contributed by atoms with Crippen molar-refractivity contribution in [3.8, 4) is 28.3 Å². The molecule has 1 aliphatic heterocycles. The zero-order valence-electron chi connectivity index (χ0n) is 22.7. The second-order valence-electron chi connectivity index (χ2n) is 9.85. The molecule has 0 aliphatic carbocycles. The molecule has 42 heavy (non-hydrogen) atoms. The molecule has 1 saturated heterocycles. The SMILES string of the molecule is COc1nc(-c2cccc(-c3cccc(Nc4ncnc5cccnc45)c3Cl)c2Cl)ccc1CNC[C@@H]1CCC(=O)N1. The van der Waals surface area contributed by atoms with Gasteiger partial charge in [0.15, 0.2) is 5.82 Å². The van der Waals surface area contributed by atoms with E-state index in [1.807, 2.05) is 60.7 Å². The Labute approximate surface area is 252 Å². The van der Waals surface area contributed by atoms with Crippen molar-refractivity contribution in [3.63, 3.8) is 0 Å². The van der Waals surface area contributed by atoms with Gasteiger partial charge in [0.2, 0.25) is 11.8 Å². The van der Waals surface area contributed by atoms with Crippen LogP contribution in [-0.2, 0) is 11.3 Å². The van der Waals surface area contributed by atoms with E-state index in [9.17, 15) is 4.79 Å². The van der Waals surface area contributed by atoms with Gasteiger partial charge in [0.1, 0.15) is 11.8 Å². The number of aromatic nitrogens is 4. The number of anilines is 2. The number of rotatable bonds is 9. The normalized spacial score (nSPS) is 14.6. The maximum atomic E-state index is 11.5. The number of hydrogen-bond acceptors (Lipinski definition) is 8. The molecule has 11 heteroatoms.